The molecule has 2 N–H and O–H groups in total. The summed E-state index contributed by atoms with van der Waals surface area (Å²) in [7, 11) is 0. The molecule has 0 aliphatic carbocycles. The van der Waals surface area contributed by atoms with Gasteiger partial charge in [-0.15, -0.1) is 0 Å². The number of nitrogens with one attached hydrogen (secondary N) is 1. The molecule has 6 nitrogen and oxygen atoms in total. The average Bonchev–Trinajstić information content (AvgIpc) is 2.77. The van der Waals surface area contributed by atoms with Gasteiger partial charge in [-0.2, -0.15) is 0 Å². The Morgan fingerprint density at radius 2 is 2.11 bits per heavy atom. The zero-order chi connectivity index (χ0) is 14.0. The normalized spacial score (nSPS) is 10.2. The van der Waals surface area contributed by atoms with E-state index in [0.717, 1.165) is 0 Å². The van der Waals surface area contributed by atoms with Gasteiger partial charge < -0.3 is 14.9 Å². The number of carbonyl (C=O) groups is 2. The Morgan fingerprint density at radius 3 is 2.68 bits per heavy atom. The number of aromatic carboxylic acids is 1. The molecule has 0 unspecified atom stereocenters. The number of aromatic nitrogens is 1. The molecule has 98 valence electrons. The summed E-state index contributed by atoms with van der Waals surface area (Å²) in [6.07, 6.45) is 1.26. The molecule has 0 aliphatic rings. The van der Waals surface area contributed by atoms with Gasteiger partial charge in [-0.1, -0.05) is 16.8 Å². The van der Waals surface area contributed by atoms with Crippen LogP contribution in [0.2, 0.25) is 5.02 Å². The van der Waals surface area contributed by atoms with Crippen LogP contribution in [0, 0.1) is 6.92 Å². The van der Waals surface area contributed by atoms with Crippen molar-refractivity contribution in [3.8, 4) is 0 Å². The van der Waals surface area contributed by atoms with Crippen LogP contribution in [-0.2, 0) is 0 Å². The summed E-state index contributed by atoms with van der Waals surface area (Å²) in [6.45, 7) is 1.59. The molecule has 0 saturated carbocycles. The van der Waals surface area contributed by atoms with E-state index in [9.17, 15) is 9.59 Å². The van der Waals surface area contributed by atoms with Crippen molar-refractivity contribution in [2.24, 2.45) is 0 Å². The Labute approximate surface area is 113 Å². The van der Waals surface area contributed by atoms with E-state index in [1.165, 1.54) is 24.4 Å². The Morgan fingerprint density at radius 1 is 1.37 bits per heavy atom. The van der Waals surface area contributed by atoms with Crippen molar-refractivity contribution >= 4 is 29.2 Å². The third kappa shape index (κ3) is 2.74. The number of benzene rings is 1. The minimum absolute atomic E-state index is 0.0880. The molecule has 0 fully saturated rings. The summed E-state index contributed by atoms with van der Waals surface area (Å²) in [6, 6.07) is 4.18. The van der Waals surface area contributed by atoms with Crippen LogP contribution in [0.4, 0.5) is 5.69 Å². The first kappa shape index (κ1) is 13.1. The highest BCUT2D eigenvalue weighted by molar-refractivity contribution is 6.31. The molecular formula is C12H9ClN2O4. The number of carbonyl (C=O) groups excluding carboxylic acids is 1. The Hall–Kier alpha value is -2.34. The summed E-state index contributed by atoms with van der Waals surface area (Å²) in [5, 5.41) is 15.3. The van der Waals surface area contributed by atoms with Crippen LogP contribution in [0.25, 0.3) is 0 Å². The first-order valence-electron chi connectivity index (χ1n) is 5.24. The second-order valence-corrected chi connectivity index (χ2v) is 4.18. The van der Waals surface area contributed by atoms with Gasteiger partial charge in [0.15, 0.2) is 0 Å². The lowest BCUT2D eigenvalue weighted by atomic mass is 10.1. The number of nitrogens with zero attached hydrogens (tertiary/aromatic N) is 1. The summed E-state index contributed by atoms with van der Waals surface area (Å²) < 4.78 is 4.77. The number of hydrogen-bond acceptors (Lipinski definition) is 4. The molecule has 0 radical (unpaired) electrons. The molecule has 0 saturated heterocycles. The minimum atomic E-state index is -1.18. The van der Waals surface area contributed by atoms with Gasteiger partial charge in [-0.25, -0.2) is 4.79 Å². The van der Waals surface area contributed by atoms with E-state index in [2.05, 4.69) is 10.5 Å². The minimum Gasteiger partial charge on any atom is -0.478 e. The lowest BCUT2D eigenvalue weighted by Gasteiger charge is -2.08. The van der Waals surface area contributed by atoms with Crippen LogP contribution >= 0.6 is 11.6 Å². The number of hydrogen-bond donors (Lipinski definition) is 2. The standard InChI is InChI=1S/C12H9ClN2O4/c1-6-9(5-14-19-6)11(16)15-10-3-2-7(13)4-8(10)12(17)18/h2-5H,1H3,(H,15,16)(H,17,18). The van der Waals surface area contributed by atoms with Gasteiger partial charge in [0.2, 0.25) is 0 Å². The highest BCUT2D eigenvalue weighted by Gasteiger charge is 2.17. The molecular weight excluding hydrogens is 272 g/mol. The van der Waals surface area contributed by atoms with E-state index in [0.29, 0.717) is 5.76 Å². The van der Waals surface area contributed by atoms with E-state index in [-0.39, 0.29) is 21.8 Å². The fourth-order valence-corrected chi connectivity index (χ4v) is 1.68. The van der Waals surface area contributed by atoms with Crippen LogP contribution in [-0.4, -0.2) is 22.1 Å². The summed E-state index contributed by atoms with van der Waals surface area (Å²) in [5.74, 6) is -1.33. The van der Waals surface area contributed by atoms with Crippen LogP contribution in [0.15, 0.2) is 28.9 Å². The number of carboxylic acids is 1. The molecule has 0 aliphatic heterocycles. The molecule has 1 aromatic carbocycles. The predicted molar refractivity (Wildman–Crippen MR) is 67.6 cm³/mol. The monoisotopic (exact) mass is 280 g/mol. The van der Waals surface area contributed by atoms with Crippen LogP contribution in [0.1, 0.15) is 26.5 Å². The van der Waals surface area contributed by atoms with Gasteiger partial charge in [0.1, 0.15) is 11.3 Å². The molecule has 19 heavy (non-hydrogen) atoms. The lowest BCUT2D eigenvalue weighted by Crippen LogP contribution is -2.15. The maximum Gasteiger partial charge on any atom is 0.337 e. The van der Waals surface area contributed by atoms with Gasteiger partial charge in [0.05, 0.1) is 17.4 Å². The van der Waals surface area contributed by atoms with Crippen molar-refractivity contribution in [2.75, 3.05) is 5.32 Å². The third-order valence-electron chi connectivity index (χ3n) is 2.46. The summed E-state index contributed by atoms with van der Waals surface area (Å²) in [4.78, 5) is 23.0. The molecule has 2 rings (SSSR count). The number of rotatable bonds is 3. The average molecular weight is 281 g/mol. The van der Waals surface area contributed by atoms with Crippen LogP contribution in [0.5, 0.6) is 0 Å². The fourth-order valence-electron chi connectivity index (χ4n) is 1.51. The van der Waals surface area contributed by atoms with Crippen molar-refractivity contribution in [3.05, 3.63) is 46.3 Å². The first-order chi connectivity index (χ1) is 8.99. The smallest absolute Gasteiger partial charge is 0.337 e. The van der Waals surface area contributed by atoms with Crippen molar-refractivity contribution in [1.82, 2.24) is 5.16 Å². The maximum absolute atomic E-state index is 11.9. The van der Waals surface area contributed by atoms with Crippen LogP contribution < -0.4 is 5.32 Å². The number of aryl methyl sites for hydroxylation is 1. The number of halogens is 1. The number of anilines is 1. The molecule has 0 spiro atoms. The molecule has 1 amide bonds. The Balaban J connectivity index is 2.32. The van der Waals surface area contributed by atoms with Crippen molar-refractivity contribution in [3.63, 3.8) is 0 Å². The van der Waals surface area contributed by atoms with E-state index in [1.54, 1.807) is 6.92 Å². The lowest BCUT2D eigenvalue weighted by molar-refractivity contribution is 0.0698. The topological polar surface area (TPSA) is 92.4 Å². The molecule has 1 heterocycles. The van der Waals surface area contributed by atoms with E-state index in [4.69, 9.17) is 21.2 Å². The number of amides is 1. The van der Waals surface area contributed by atoms with E-state index in [1.807, 2.05) is 0 Å². The second kappa shape index (κ2) is 5.11. The van der Waals surface area contributed by atoms with E-state index < -0.39 is 11.9 Å². The maximum atomic E-state index is 11.9. The molecule has 1 aromatic heterocycles. The molecule has 0 bridgehead atoms. The van der Waals surface area contributed by atoms with E-state index >= 15 is 0 Å². The SMILES string of the molecule is Cc1oncc1C(=O)Nc1ccc(Cl)cc1C(=O)O. The zero-order valence-corrected chi connectivity index (χ0v) is 10.6. The largest absolute Gasteiger partial charge is 0.478 e. The van der Waals surface area contributed by atoms with Crippen LogP contribution in [0.3, 0.4) is 0 Å². The molecule has 7 heteroatoms. The van der Waals surface area contributed by atoms with Gasteiger partial charge >= 0.3 is 5.97 Å². The predicted octanol–water partition coefficient (Wildman–Crippen LogP) is 2.59. The zero-order valence-electron chi connectivity index (χ0n) is 9.81. The van der Waals surface area contributed by atoms with Gasteiger partial charge in [0.25, 0.3) is 5.91 Å². The second-order valence-electron chi connectivity index (χ2n) is 3.74. The van der Waals surface area contributed by atoms with Crippen molar-refractivity contribution < 1.29 is 19.2 Å². The Bertz CT molecular complexity index is 651. The van der Waals surface area contributed by atoms with Crippen molar-refractivity contribution in [2.45, 2.75) is 6.92 Å². The highest BCUT2D eigenvalue weighted by Crippen LogP contribution is 2.21. The van der Waals surface area contributed by atoms with Gasteiger partial charge in [0, 0.05) is 5.02 Å². The van der Waals surface area contributed by atoms with Gasteiger partial charge in [-0.05, 0) is 25.1 Å². The molecule has 2 aromatic rings. The quantitative estimate of drug-likeness (QED) is 0.901. The fraction of sp³-hybridized carbons (Fsp3) is 0.0833. The Kier molecular flexibility index (Phi) is 3.52. The third-order valence-corrected chi connectivity index (χ3v) is 2.69. The summed E-state index contributed by atoms with van der Waals surface area (Å²) in [5.41, 5.74) is 0.309. The summed E-state index contributed by atoms with van der Waals surface area (Å²) >= 11 is 5.72. The van der Waals surface area contributed by atoms with Gasteiger partial charge in [-0.3, -0.25) is 4.79 Å². The molecule has 0 atom stereocenters. The highest BCUT2D eigenvalue weighted by atomic mass is 35.5. The first-order valence-corrected chi connectivity index (χ1v) is 5.62. The number of carboxylic acid groups (broad SMARTS) is 1. The van der Waals surface area contributed by atoms with Crippen molar-refractivity contribution in [1.29, 1.82) is 0 Å².